The molecular formula is C13H13N3O2. The van der Waals surface area contributed by atoms with E-state index in [1.165, 1.54) is 12.1 Å². The minimum absolute atomic E-state index is 0.251. The highest BCUT2D eigenvalue weighted by molar-refractivity contribution is 5.88. The molecule has 0 bridgehead atoms. The van der Waals surface area contributed by atoms with Gasteiger partial charge in [-0.3, -0.25) is 0 Å². The zero-order chi connectivity index (χ0) is 13.1. The fourth-order valence-corrected chi connectivity index (χ4v) is 1.41. The second-order valence-electron chi connectivity index (χ2n) is 3.97. The van der Waals surface area contributed by atoms with E-state index in [1.54, 1.807) is 18.3 Å². The minimum Gasteiger partial charge on any atom is -0.478 e. The third-order valence-corrected chi connectivity index (χ3v) is 2.61. The van der Waals surface area contributed by atoms with Crippen molar-refractivity contribution in [3.63, 3.8) is 0 Å². The molecule has 0 radical (unpaired) electrons. The van der Waals surface area contributed by atoms with E-state index in [0.717, 1.165) is 16.9 Å². The molecule has 5 nitrogen and oxygen atoms in total. The first-order valence-corrected chi connectivity index (χ1v) is 5.47. The van der Waals surface area contributed by atoms with Crippen LogP contribution >= 0.6 is 0 Å². The molecule has 0 fully saturated rings. The summed E-state index contributed by atoms with van der Waals surface area (Å²) < 4.78 is 0. The monoisotopic (exact) mass is 243 g/mol. The Morgan fingerprint density at radius 2 is 1.89 bits per heavy atom. The molecule has 1 aromatic heterocycles. The van der Waals surface area contributed by atoms with E-state index in [2.05, 4.69) is 15.3 Å². The Morgan fingerprint density at radius 1 is 1.22 bits per heavy atom. The van der Waals surface area contributed by atoms with Crippen LogP contribution in [0.2, 0.25) is 0 Å². The number of benzene rings is 1. The molecule has 0 saturated carbocycles. The normalized spacial score (nSPS) is 10.1. The molecule has 1 aromatic carbocycles. The summed E-state index contributed by atoms with van der Waals surface area (Å²) in [6.45, 7) is 3.86. The highest BCUT2D eigenvalue weighted by Crippen LogP contribution is 2.14. The fourth-order valence-electron chi connectivity index (χ4n) is 1.41. The molecule has 0 saturated heterocycles. The van der Waals surface area contributed by atoms with Crippen LogP contribution in [0.1, 0.15) is 21.6 Å². The van der Waals surface area contributed by atoms with Crippen molar-refractivity contribution >= 4 is 17.6 Å². The second kappa shape index (κ2) is 4.83. The molecule has 0 spiro atoms. The van der Waals surface area contributed by atoms with Gasteiger partial charge in [-0.15, -0.1) is 0 Å². The third-order valence-electron chi connectivity index (χ3n) is 2.61. The fraction of sp³-hybridized carbons (Fsp3) is 0.154. The van der Waals surface area contributed by atoms with Crippen LogP contribution in [0.15, 0.2) is 30.5 Å². The summed E-state index contributed by atoms with van der Waals surface area (Å²) in [7, 11) is 0. The van der Waals surface area contributed by atoms with Crippen LogP contribution in [0.5, 0.6) is 0 Å². The summed E-state index contributed by atoms with van der Waals surface area (Å²) in [6.07, 6.45) is 1.75. The van der Waals surface area contributed by atoms with Gasteiger partial charge >= 0.3 is 5.97 Å². The van der Waals surface area contributed by atoms with Gasteiger partial charge in [-0.2, -0.15) is 0 Å². The quantitative estimate of drug-likeness (QED) is 0.866. The second-order valence-corrected chi connectivity index (χ2v) is 3.97. The van der Waals surface area contributed by atoms with Gasteiger partial charge in [-0.25, -0.2) is 14.8 Å². The molecule has 0 aliphatic carbocycles. The number of aromatic nitrogens is 2. The first-order valence-electron chi connectivity index (χ1n) is 5.47. The van der Waals surface area contributed by atoms with E-state index in [0.29, 0.717) is 5.95 Å². The van der Waals surface area contributed by atoms with Crippen molar-refractivity contribution in [2.45, 2.75) is 13.8 Å². The summed E-state index contributed by atoms with van der Waals surface area (Å²) in [5, 5.41) is 11.8. The van der Waals surface area contributed by atoms with Crippen LogP contribution in [-0.4, -0.2) is 21.0 Å². The lowest BCUT2D eigenvalue weighted by atomic mass is 10.2. The van der Waals surface area contributed by atoms with Crippen LogP contribution < -0.4 is 5.32 Å². The van der Waals surface area contributed by atoms with E-state index in [4.69, 9.17) is 5.11 Å². The SMILES string of the molecule is Cc1cnc(Nc2ccc(C(=O)O)cc2)nc1C. The number of nitrogens with zero attached hydrogens (tertiary/aromatic N) is 2. The van der Waals surface area contributed by atoms with Crippen molar-refractivity contribution in [2.24, 2.45) is 0 Å². The number of carboxylic acids is 1. The van der Waals surface area contributed by atoms with Crippen molar-refractivity contribution in [2.75, 3.05) is 5.32 Å². The topological polar surface area (TPSA) is 75.1 Å². The molecule has 0 atom stereocenters. The van der Waals surface area contributed by atoms with Gasteiger partial charge in [0.25, 0.3) is 0 Å². The largest absolute Gasteiger partial charge is 0.478 e. The van der Waals surface area contributed by atoms with E-state index < -0.39 is 5.97 Å². The van der Waals surface area contributed by atoms with Gasteiger partial charge in [0.2, 0.25) is 5.95 Å². The van der Waals surface area contributed by atoms with E-state index in [-0.39, 0.29) is 5.56 Å². The molecule has 5 heteroatoms. The molecule has 0 aliphatic heterocycles. The molecule has 92 valence electrons. The van der Waals surface area contributed by atoms with Crippen molar-refractivity contribution in [1.29, 1.82) is 0 Å². The van der Waals surface area contributed by atoms with Crippen molar-refractivity contribution in [1.82, 2.24) is 9.97 Å². The van der Waals surface area contributed by atoms with Crippen LogP contribution in [0.25, 0.3) is 0 Å². The summed E-state index contributed by atoms with van der Waals surface area (Å²) >= 11 is 0. The van der Waals surface area contributed by atoms with Gasteiger partial charge in [-0.05, 0) is 43.7 Å². The Balaban J connectivity index is 2.18. The number of aromatic carboxylic acids is 1. The summed E-state index contributed by atoms with van der Waals surface area (Å²) in [6, 6.07) is 6.43. The number of hydrogen-bond donors (Lipinski definition) is 2. The van der Waals surface area contributed by atoms with Gasteiger partial charge in [0.15, 0.2) is 0 Å². The highest BCUT2D eigenvalue weighted by Gasteiger charge is 2.03. The maximum atomic E-state index is 10.7. The molecule has 2 rings (SSSR count). The number of nitrogens with one attached hydrogen (secondary N) is 1. The molecule has 1 heterocycles. The average molecular weight is 243 g/mol. The Hall–Kier alpha value is -2.43. The van der Waals surface area contributed by atoms with Gasteiger partial charge in [0, 0.05) is 17.6 Å². The lowest BCUT2D eigenvalue weighted by Gasteiger charge is -2.06. The Kier molecular flexibility index (Phi) is 3.23. The summed E-state index contributed by atoms with van der Waals surface area (Å²) in [5.74, 6) is -0.440. The van der Waals surface area contributed by atoms with Gasteiger partial charge < -0.3 is 10.4 Å². The van der Waals surface area contributed by atoms with Crippen LogP contribution in [0.4, 0.5) is 11.6 Å². The first kappa shape index (κ1) is 12.0. The highest BCUT2D eigenvalue weighted by atomic mass is 16.4. The number of rotatable bonds is 3. The molecule has 2 aromatic rings. The Labute approximate surface area is 105 Å². The van der Waals surface area contributed by atoms with Gasteiger partial charge in [0.1, 0.15) is 0 Å². The smallest absolute Gasteiger partial charge is 0.335 e. The number of aryl methyl sites for hydroxylation is 2. The predicted molar refractivity (Wildman–Crippen MR) is 68.2 cm³/mol. The summed E-state index contributed by atoms with van der Waals surface area (Å²) in [5.41, 5.74) is 2.95. The maximum Gasteiger partial charge on any atom is 0.335 e. The van der Waals surface area contributed by atoms with E-state index in [1.807, 2.05) is 13.8 Å². The summed E-state index contributed by atoms with van der Waals surface area (Å²) in [4.78, 5) is 19.1. The molecule has 2 N–H and O–H groups in total. The number of carbonyl (C=O) groups is 1. The standard InChI is InChI=1S/C13H13N3O2/c1-8-7-14-13(15-9(8)2)16-11-5-3-10(4-6-11)12(17)18/h3-7H,1-2H3,(H,17,18)(H,14,15,16). The first-order chi connectivity index (χ1) is 8.56. The lowest BCUT2D eigenvalue weighted by molar-refractivity contribution is 0.0697. The predicted octanol–water partition coefficient (Wildman–Crippen LogP) is 2.54. The average Bonchev–Trinajstić information content (AvgIpc) is 2.34. The molecule has 0 amide bonds. The number of carboxylic acid groups (broad SMARTS) is 1. The number of hydrogen-bond acceptors (Lipinski definition) is 4. The zero-order valence-corrected chi connectivity index (χ0v) is 10.1. The lowest BCUT2D eigenvalue weighted by Crippen LogP contribution is -2.00. The molecule has 18 heavy (non-hydrogen) atoms. The van der Waals surface area contributed by atoms with Crippen molar-refractivity contribution in [3.05, 3.63) is 47.3 Å². The third kappa shape index (κ3) is 2.63. The molecule has 0 aliphatic rings. The van der Waals surface area contributed by atoms with E-state index in [9.17, 15) is 4.79 Å². The van der Waals surface area contributed by atoms with E-state index >= 15 is 0 Å². The van der Waals surface area contributed by atoms with Crippen molar-refractivity contribution in [3.8, 4) is 0 Å². The van der Waals surface area contributed by atoms with Crippen LogP contribution in [0, 0.1) is 13.8 Å². The van der Waals surface area contributed by atoms with Crippen LogP contribution in [-0.2, 0) is 0 Å². The Morgan fingerprint density at radius 3 is 2.44 bits per heavy atom. The van der Waals surface area contributed by atoms with Gasteiger partial charge in [-0.1, -0.05) is 0 Å². The minimum atomic E-state index is -0.941. The molecule has 0 unspecified atom stereocenters. The van der Waals surface area contributed by atoms with Crippen LogP contribution in [0.3, 0.4) is 0 Å². The number of anilines is 2. The molecular weight excluding hydrogens is 230 g/mol. The van der Waals surface area contributed by atoms with Crippen molar-refractivity contribution < 1.29 is 9.90 Å². The zero-order valence-electron chi connectivity index (χ0n) is 10.1. The maximum absolute atomic E-state index is 10.7. The Bertz CT molecular complexity index is 579. The van der Waals surface area contributed by atoms with Gasteiger partial charge in [0.05, 0.1) is 5.56 Å².